The summed E-state index contributed by atoms with van der Waals surface area (Å²) in [5.41, 5.74) is 0. The maximum Gasteiger partial charge on any atom is 0.0623 e. The summed E-state index contributed by atoms with van der Waals surface area (Å²) in [7, 11) is 0. The molecule has 3 saturated carbocycles. The lowest BCUT2D eigenvalue weighted by molar-refractivity contribution is 0.182. The van der Waals surface area contributed by atoms with Gasteiger partial charge in [0.2, 0.25) is 0 Å². The van der Waals surface area contributed by atoms with Crippen LogP contribution in [0.15, 0.2) is 0 Å². The summed E-state index contributed by atoms with van der Waals surface area (Å²) in [6.07, 6.45) is 5.82. The van der Waals surface area contributed by atoms with E-state index in [0.717, 1.165) is 49.5 Å². The lowest BCUT2D eigenvalue weighted by atomic mass is 10.0. The zero-order valence-corrected chi connectivity index (χ0v) is 12.1. The summed E-state index contributed by atoms with van der Waals surface area (Å²) in [6.45, 7) is 6.39. The third-order valence-electron chi connectivity index (χ3n) is 6.21. The molecule has 0 aromatic carbocycles. The molecule has 3 nitrogen and oxygen atoms in total. The van der Waals surface area contributed by atoms with Crippen molar-refractivity contribution >= 4 is 0 Å². The molecule has 0 aromatic rings. The van der Waals surface area contributed by atoms with E-state index in [1.165, 1.54) is 25.8 Å². The molecule has 1 aliphatic heterocycles. The summed E-state index contributed by atoms with van der Waals surface area (Å²) >= 11 is 0. The molecule has 4 rings (SSSR count). The fraction of sp³-hybridized carbons (Fsp3) is 1.00. The van der Waals surface area contributed by atoms with Crippen LogP contribution < -0.4 is 10.6 Å². The van der Waals surface area contributed by atoms with Gasteiger partial charge < -0.3 is 15.4 Å². The highest BCUT2D eigenvalue weighted by Gasteiger charge is 2.64. The van der Waals surface area contributed by atoms with E-state index in [-0.39, 0.29) is 0 Å². The van der Waals surface area contributed by atoms with Crippen LogP contribution in [0.2, 0.25) is 0 Å². The second-order valence-electron chi connectivity index (χ2n) is 7.28. The Labute approximate surface area is 116 Å². The maximum absolute atomic E-state index is 5.67. The Kier molecular flexibility index (Phi) is 3.33. The van der Waals surface area contributed by atoms with Crippen molar-refractivity contribution in [3.63, 3.8) is 0 Å². The normalized spacial score (nSPS) is 50.7. The van der Waals surface area contributed by atoms with E-state index in [9.17, 15) is 0 Å². The van der Waals surface area contributed by atoms with E-state index in [1.54, 1.807) is 6.42 Å². The van der Waals surface area contributed by atoms with Gasteiger partial charge in [-0.15, -0.1) is 0 Å². The summed E-state index contributed by atoms with van der Waals surface area (Å²) in [5, 5.41) is 7.53. The molecule has 0 radical (unpaired) electrons. The van der Waals surface area contributed by atoms with Crippen LogP contribution in [0.1, 0.15) is 32.6 Å². The average Bonchev–Trinajstić information content (AvgIpc) is 2.83. The minimum atomic E-state index is 0.586. The van der Waals surface area contributed by atoms with Crippen molar-refractivity contribution in [2.24, 2.45) is 29.6 Å². The van der Waals surface area contributed by atoms with Gasteiger partial charge in [-0.05, 0) is 55.9 Å². The lowest BCUT2D eigenvalue weighted by Crippen LogP contribution is -2.41. The zero-order valence-electron chi connectivity index (χ0n) is 12.1. The molecule has 6 atom stereocenters. The third-order valence-corrected chi connectivity index (χ3v) is 6.21. The number of rotatable bonds is 6. The minimum absolute atomic E-state index is 0.586. The zero-order chi connectivity index (χ0) is 12.8. The molecule has 2 N–H and O–H groups in total. The van der Waals surface area contributed by atoms with E-state index in [2.05, 4.69) is 17.6 Å². The fourth-order valence-electron chi connectivity index (χ4n) is 5.24. The van der Waals surface area contributed by atoms with E-state index >= 15 is 0 Å². The SMILES string of the molecule is CCCNC1COCC1CNC1C2C3CCC(C3)C12. The fourth-order valence-corrected chi connectivity index (χ4v) is 5.24. The van der Waals surface area contributed by atoms with Crippen LogP contribution >= 0.6 is 0 Å². The molecule has 6 unspecified atom stereocenters. The molecule has 4 fully saturated rings. The first-order valence-electron chi connectivity index (χ1n) is 8.43. The summed E-state index contributed by atoms with van der Waals surface area (Å²) in [4.78, 5) is 0. The van der Waals surface area contributed by atoms with Crippen LogP contribution in [0.5, 0.6) is 0 Å². The molecule has 0 amide bonds. The summed E-state index contributed by atoms with van der Waals surface area (Å²) in [5.74, 6) is 4.97. The van der Waals surface area contributed by atoms with E-state index in [1.807, 2.05) is 0 Å². The number of ether oxygens (including phenoxy) is 1. The van der Waals surface area contributed by atoms with E-state index < -0.39 is 0 Å². The molecule has 0 aromatic heterocycles. The second-order valence-corrected chi connectivity index (χ2v) is 7.28. The molecule has 4 aliphatic rings. The van der Waals surface area contributed by atoms with Crippen LogP contribution in [0, 0.1) is 29.6 Å². The molecular formula is C16H28N2O. The predicted octanol–water partition coefficient (Wildman–Crippen LogP) is 1.64. The third kappa shape index (κ3) is 2.14. The van der Waals surface area contributed by atoms with Crippen LogP contribution in [0.3, 0.4) is 0 Å². The van der Waals surface area contributed by atoms with Crippen LogP contribution in [-0.2, 0) is 4.74 Å². The quantitative estimate of drug-likeness (QED) is 0.765. The van der Waals surface area contributed by atoms with E-state index in [0.29, 0.717) is 12.0 Å². The lowest BCUT2D eigenvalue weighted by Gasteiger charge is -2.20. The van der Waals surface area contributed by atoms with Crippen LogP contribution in [0.25, 0.3) is 0 Å². The highest BCUT2D eigenvalue weighted by molar-refractivity contribution is 5.16. The molecular weight excluding hydrogens is 236 g/mol. The Bertz CT molecular complexity index is 319. The smallest absolute Gasteiger partial charge is 0.0623 e. The van der Waals surface area contributed by atoms with E-state index in [4.69, 9.17) is 4.74 Å². The van der Waals surface area contributed by atoms with Gasteiger partial charge in [-0.3, -0.25) is 0 Å². The van der Waals surface area contributed by atoms with Crippen LogP contribution in [-0.4, -0.2) is 38.4 Å². The van der Waals surface area contributed by atoms with Crippen LogP contribution in [0.4, 0.5) is 0 Å². The van der Waals surface area contributed by atoms with Gasteiger partial charge in [0.25, 0.3) is 0 Å². The van der Waals surface area contributed by atoms with Crippen molar-refractivity contribution in [3.8, 4) is 0 Å². The molecule has 0 spiro atoms. The number of fused-ring (bicyclic) bond motifs is 5. The average molecular weight is 264 g/mol. The molecule has 3 heteroatoms. The van der Waals surface area contributed by atoms with Crippen molar-refractivity contribution in [2.75, 3.05) is 26.3 Å². The van der Waals surface area contributed by atoms with Gasteiger partial charge in [0.1, 0.15) is 0 Å². The first kappa shape index (κ1) is 12.6. The number of hydrogen-bond donors (Lipinski definition) is 2. The topological polar surface area (TPSA) is 33.3 Å². The van der Waals surface area contributed by atoms with Gasteiger partial charge in [-0.1, -0.05) is 6.92 Å². The Morgan fingerprint density at radius 2 is 1.84 bits per heavy atom. The number of hydrogen-bond acceptors (Lipinski definition) is 3. The van der Waals surface area contributed by atoms with Crippen molar-refractivity contribution in [1.29, 1.82) is 0 Å². The van der Waals surface area contributed by atoms with Crippen molar-refractivity contribution < 1.29 is 4.74 Å². The largest absolute Gasteiger partial charge is 0.379 e. The predicted molar refractivity (Wildman–Crippen MR) is 76.0 cm³/mol. The molecule has 3 aliphatic carbocycles. The molecule has 108 valence electrons. The van der Waals surface area contributed by atoms with Gasteiger partial charge in [-0.2, -0.15) is 0 Å². The second kappa shape index (κ2) is 5.01. The summed E-state index contributed by atoms with van der Waals surface area (Å²) < 4.78 is 5.67. The maximum atomic E-state index is 5.67. The Morgan fingerprint density at radius 1 is 1.05 bits per heavy atom. The Hall–Kier alpha value is -0.120. The van der Waals surface area contributed by atoms with Crippen molar-refractivity contribution in [2.45, 2.75) is 44.7 Å². The van der Waals surface area contributed by atoms with Gasteiger partial charge >= 0.3 is 0 Å². The van der Waals surface area contributed by atoms with Crippen molar-refractivity contribution in [1.82, 2.24) is 10.6 Å². The Morgan fingerprint density at radius 3 is 2.58 bits per heavy atom. The standard InChI is InChI=1S/C16H28N2O/c1-2-5-17-13-9-19-8-12(13)7-18-16-14-10-3-4-11(6-10)15(14)16/h10-18H,2-9H2,1H3. The molecule has 1 saturated heterocycles. The van der Waals surface area contributed by atoms with Gasteiger partial charge in [0.15, 0.2) is 0 Å². The van der Waals surface area contributed by atoms with Crippen molar-refractivity contribution in [3.05, 3.63) is 0 Å². The monoisotopic (exact) mass is 264 g/mol. The van der Waals surface area contributed by atoms with Gasteiger partial charge in [-0.25, -0.2) is 0 Å². The highest BCUT2D eigenvalue weighted by Crippen LogP contribution is 2.65. The van der Waals surface area contributed by atoms with Gasteiger partial charge in [0, 0.05) is 24.5 Å². The Balaban J connectivity index is 1.25. The van der Waals surface area contributed by atoms with Gasteiger partial charge in [0.05, 0.1) is 13.2 Å². The first-order chi connectivity index (χ1) is 9.38. The minimum Gasteiger partial charge on any atom is -0.379 e. The number of nitrogens with one attached hydrogen (secondary N) is 2. The molecule has 19 heavy (non-hydrogen) atoms. The summed E-state index contributed by atoms with van der Waals surface area (Å²) in [6, 6.07) is 1.46. The molecule has 2 bridgehead atoms. The first-order valence-corrected chi connectivity index (χ1v) is 8.43. The molecule has 1 heterocycles. The highest BCUT2D eigenvalue weighted by atomic mass is 16.5.